The van der Waals surface area contributed by atoms with Gasteiger partial charge in [0.1, 0.15) is 11.3 Å². The number of carboxylic acids is 1. The van der Waals surface area contributed by atoms with E-state index in [0.717, 1.165) is 18.5 Å². The number of aromatic carboxylic acids is 1. The summed E-state index contributed by atoms with van der Waals surface area (Å²) in [5.74, 6) is -0.863. The molecule has 0 atom stereocenters. The Kier molecular flexibility index (Phi) is 4.08. The molecule has 8 heteroatoms. The number of halogens is 1. The van der Waals surface area contributed by atoms with Gasteiger partial charge in [0.05, 0.1) is 17.3 Å². The van der Waals surface area contributed by atoms with Gasteiger partial charge in [0.25, 0.3) is 5.91 Å². The molecule has 0 spiro atoms. The van der Waals surface area contributed by atoms with Gasteiger partial charge in [0.2, 0.25) is 0 Å². The number of hydrogen-bond acceptors (Lipinski definition) is 4. The first-order chi connectivity index (χ1) is 11.0. The fourth-order valence-corrected chi connectivity index (χ4v) is 2.95. The maximum absolute atomic E-state index is 12.3. The van der Waals surface area contributed by atoms with Crippen molar-refractivity contribution in [1.29, 1.82) is 0 Å². The third-order valence-electron chi connectivity index (χ3n) is 3.62. The van der Waals surface area contributed by atoms with Crippen molar-refractivity contribution in [3.63, 3.8) is 0 Å². The van der Waals surface area contributed by atoms with Gasteiger partial charge in [-0.3, -0.25) is 9.89 Å². The first kappa shape index (κ1) is 15.5. The van der Waals surface area contributed by atoms with Gasteiger partial charge >= 0.3 is 5.97 Å². The van der Waals surface area contributed by atoms with Crippen molar-refractivity contribution >= 4 is 33.5 Å². The minimum absolute atomic E-state index is 0.0301. The number of hydrogen-bond donors (Lipinski definition) is 3. The maximum atomic E-state index is 12.3. The summed E-state index contributed by atoms with van der Waals surface area (Å²) in [6.45, 7) is 0. The summed E-state index contributed by atoms with van der Waals surface area (Å²) < 4.78 is 5.71. The number of nitrogens with zero attached hydrogens (tertiary/aromatic N) is 1. The molecule has 120 valence electrons. The fraction of sp³-hybridized carbons (Fsp3) is 0.267. The maximum Gasteiger partial charge on any atom is 0.339 e. The van der Waals surface area contributed by atoms with E-state index in [0.29, 0.717) is 16.1 Å². The number of aromatic nitrogens is 2. The minimum atomic E-state index is -1.09. The summed E-state index contributed by atoms with van der Waals surface area (Å²) in [4.78, 5) is 23.4. The van der Waals surface area contributed by atoms with E-state index in [-0.39, 0.29) is 22.9 Å². The molecule has 1 amide bonds. The lowest BCUT2D eigenvalue weighted by Crippen LogP contribution is -2.13. The average molecular weight is 380 g/mol. The summed E-state index contributed by atoms with van der Waals surface area (Å²) in [5, 5.41) is 18.7. The van der Waals surface area contributed by atoms with Crippen molar-refractivity contribution in [3.8, 4) is 5.75 Å². The van der Waals surface area contributed by atoms with Gasteiger partial charge in [0, 0.05) is 17.7 Å². The van der Waals surface area contributed by atoms with Crippen molar-refractivity contribution in [1.82, 2.24) is 10.2 Å². The molecule has 0 bridgehead atoms. The molecule has 0 saturated heterocycles. The molecular weight excluding hydrogens is 366 g/mol. The molecule has 1 saturated carbocycles. The second-order valence-corrected chi connectivity index (χ2v) is 6.04. The Balaban J connectivity index is 1.81. The van der Waals surface area contributed by atoms with Gasteiger partial charge in [-0.25, -0.2) is 4.79 Å². The highest BCUT2D eigenvalue weighted by molar-refractivity contribution is 9.10. The Morgan fingerprint density at radius 2 is 2.17 bits per heavy atom. The van der Waals surface area contributed by atoms with Crippen molar-refractivity contribution in [3.05, 3.63) is 39.6 Å². The summed E-state index contributed by atoms with van der Waals surface area (Å²) in [6, 6.07) is 4.35. The monoisotopic (exact) mass is 379 g/mol. The number of carbonyl (C=O) groups is 2. The van der Waals surface area contributed by atoms with Crippen LogP contribution in [0.5, 0.6) is 5.75 Å². The van der Waals surface area contributed by atoms with E-state index in [1.807, 2.05) is 0 Å². The van der Waals surface area contributed by atoms with Crippen LogP contribution in [0, 0.1) is 0 Å². The second kappa shape index (κ2) is 6.04. The number of benzene rings is 1. The molecule has 23 heavy (non-hydrogen) atoms. The lowest BCUT2D eigenvalue weighted by molar-refractivity contribution is 0.0693. The predicted molar refractivity (Wildman–Crippen MR) is 86.2 cm³/mol. The molecule has 1 fully saturated rings. The predicted octanol–water partition coefficient (Wildman–Crippen LogP) is 3.01. The van der Waals surface area contributed by atoms with E-state index in [1.165, 1.54) is 25.3 Å². The second-order valence-electron chi connectivity index (χ2n) is 5.25. The van der Waals surface area contributed by atoms with E-state index in [1.54, 1.807) is 0 Å². The summed E-state index contributed by atoms with van der Waals surface area (Å²) in [6.07, 6.45) is 2.19. The van der Waals surface area contributed by atoms with Crippen LogP contribution in [0.4, 0.5) is 5.69 Å². The Morgan fingerprint density at radius 1 is 1.43 bits per heavy atom. The van der Waals surface area contributed by atoms with Crippen LogP contribution in [0.3, 0.4) is 0 Å². The molecule has 1 aromatic carbocycles. The number of methoxy groups -OCH3 is 1. The van der Waals surface area contributed by atoms with Crippen LogP contribution in [0.2, 0.25) is 0 Å². The van der Waals surface area contributed by atoms with E-state index in [2.05, 4.69) is 31.4 Å². The normalized spacial score (nSPS) is 13.7. The number of carboxylic acid groups (broad SMARTS) is 1. The van der Waals surface area contributed by atoms with Gasteiger partial charge in [0.15, 0.2) is 5.69 Å². The number of nitrogens with one attached hydrogen (secondary N) is 2. The minimum Gasteiger partial charge on any atom is -0.496 e. The van der Waals surface area contributed by atoms with Crippen LogP contribution in [0.1, 0.15) is 45.3 Å². The molecule has 1 heterocycles. The van der Waals surface area contributed by atoms with Crippen LogP contribution in [0.25, 0.3) is 0 Å². The van der Waals surface area contributed by atoms with Crippen LogP contribution in [-0.4, -0.2) is 34.3 Å². The van der Waals surface area contributed by atoms with Crippen LogP contribution < -0.4 is 10.1 Å². The highest BCUT2D eigenvalue weighted by atomic mass is 79.9. The number of ether oxygens (including phenoxy) is 1. The van der Waals surface area contributed by atoms with Crippen LogP contribution in [-0.2, 0) is 0 Å². The Labute approximate surface area is 140 Å². The quantitative estimate of drug-likeness (QED) is 0.740. The van der Waals surface area contributed by atoms with Gasteiger partial charge in [-0.1, -0.05) is 0 Å². The first-order valence-electron chi connectivity index (χ1n) is 6.97. The van der Waals surface area contributed by atoms with Gasteiger partial charge in [-0.2, -0.15) is 5.10 Å². The zero-order chi connectivity index (χ0) is 16.6. The van der Waals surface area contributed by atoms with Crippen molar-refractivity contribution in [2.45, 2.75) is 18.8 Å². The van der Waals surface area contributed by atoms with Crippen LogP contribution >= 0.6 is 15.9 Å². The molecule has 1 aromatic heterocycles. The molecule has 3 N–H and O–H groups in total. The Morgan fingerprint density at radius 3 is 2.78 bits per heavy atom. The third kappa shape index (κ3) is 3.07. The van der Waals surface area contributed by atoms with E-state index < -0.39 is 5.97 Å². The number of rotatable bonds is 5. The largest absolute Gasteiger partial charge is 0.496 e. The van der Waals surface area contributed by atoms with Crippen molar-refractivity contribution in [2.75, 3.05) is 12.4 Å². The SMILES string of the molecule is COc1cc(NC(=O)c2n[nH]c(C3CC3)c2Br)ccc1C(=O)O. The number of amides is 1. The highest BCUT2D eigenvalue weighted by Crippen LogP contribution is 2.43. The van der Waals surface area contributed by atoms with Crippen molar-refractivity contribution < 1.29 is 19.4 Å². The average Bonchev–Trinajstić information content (AvgIpc) is 3.29. The van der Waals surface area contributed by atoms with Gasteiger partial charge < -0.3 is 15.2 Å². The lowest BCUT2D eigenvalue weighted by Gasteiger charge is -2.08. The fourth-order valence-electron chi connectivity index (χ4n) is 2.27. The van der Waals surface area contributed by atoms with Crippen LogP contribution in [0.15, 0.2) is 22.7 Å². The first-order valence-corrected chi connectivity index (χ1v) is 7.77. The summed E-state index contributed by atoms with van der Waals surface area (Å²) >= 11 is 3.41. The number of H-pyrrole nitrogens is 1. The molecule has 1 aliphatic rings. The summed E-state index contributed by atoms with van der Waals surface area (Å²) in [7, 11) is 1.37. The lowest BCUT2D eigenvalue weighted by atomic mass is 10.1. The highest BCUT2D eigenvalue weighted by Gasteiger charge is 2.30. The number of anilines is 1. The molecular formula is C15H14BrN3O4. The Bertz CT molecular complexity index is 783. The smallest absolute Gasteiger partial charge is 0.339 e. The van der Waals surface area contributed by atoms with Gasteiger partial charge in [-0.15, -0.1) is 0 Å². The molecule has 2 aromatic rings. The zero-order valence-electron chi connectivity index (χ0n) is 12.2. The molecule has 0 radical (unpaired) electrons. The van der Waals surface area contributed by atoms with E-state index in [4.69, 9.17) is 9.84 Å². The number of carbonyl (C=O) groups excluding carboxylic acids is 1. The molecule has 0 aliphatic heterocycles. The topological polar surface area (TPSA) is 104 Å². The standard InChI is InChI=1S/C15H14BrN3O4/c1-23-10-6-8(4-5-9(10)15(21)22)17-14(20)13-11(16)12(18-19-13)7-2-3-7/h4-7H,2-3H2,1H3,(H,17,20)(H,18,19)(H,21,22). The van der Waals surface area contributed by atoms with E-state index >= 15 is 0 Å². The molecule has 7 nitrogen and oxygen atoms in total. The number of aromatic amines is 1. The van der Waals surface area contributed by atoms with Crippen molar-refractivity contribution in [2.24, 2.45) is 0 Å². The Hall–Kier alpha value is -2.35. The van der Waals surface area contributed by atoms with Gasteiger partial charge in [-0.05, 0) is 40.9 Å². The zero-order valence-corrected chi connectivity index (χ0v) is 13.8. The molecule has 1 aliphatic carbocycles. The summed E-state index contributed by atoms with van der Waals surface area (Å²) in [5.41, 5.74) is 1.67. The van der Waals surface area contributed by atoms with E-state index in [9.17, 15) is 9.59 Å². The molecule has 3 rings (SSSR count). The molecule has 0 unspecified atom stereocenters. The third-order valence-corrected chi connectivity index (χ3v) is 4.43.